The molecule has 1 amide bonds. The standard InChI is InChI=1S/C19H18N6O3/c1-12-10-16(13-6-3-2-4-7-13)24-19(20-12)22-18(23-24)21-17(26)14-8-5-9-15(11-14)25(27)28/h2-9,11-12,16H,10H2,1H3,(H2,20,21,22,23,26)/t12-,16-/m0/s1. The Kier molecular flexibility index (Phi) is 4.48. The number of nitrogens with one attached hydrogen (secondary N) is 2. The number of nitro groups is 1. The van der Waals surface area contributed by atoms with Gasteiger partial charge in [-0.2, -0.15) is 4.98 Å². The van der Waals surface area contributed by atoms with Gasteiger partial charge in [0.2, 0.25) is 5.95 Å². The maximum Gasteiger partial charge on any atom is 0.270 e. The summed E-state index contributed by atoms with van der Waals surface area (Å²) >= 11 is 0. The second kappa shape index (κ2) is 7.10. The monoisotopic (exact) mass is 378 g/mol. The number of nitro benzene ring substituents is 1. The number of carbonyl (C=O) groups excluding carboxylic acids is 1. The number of hydrogen-bond acceptors (Lipinski definition) is 6. The number of carbonyl (C=O) groups is 1. The number of nitrogens with zero attached hydrogens (tertiary/aromatic N) is 4. The highest BCUT2D eigenvalue weighted by atomic mass is 16.6. The van der Waals surface area contributed by atoms with Crippen molar-refractivity contribution in [3.05, 3.63) is 75.8 Å². The number of anilines is 2. The van der Waals surface area contributed by atoms with Gasteiger partial charge in [-0.25, -0.2) is 4.68 Å². The average Bonchev–Trinajstić information content (AvgIpc) is 3.10. The highest BCUT2D eigenvalue weighted by Gasteiger charge is 2.28. The summed E-state index contributed by atoms with van der Waals surface area (Å²) in [6.07, 6.45) is 0.832. The zero-order chi connectivity index (χ0) is 19.7. The van der Waals surface area contributed by atoms with Crippen LogP contribution in [0.4, 0.5) is 17.6 Å². The summed E-state index contributed by atoms with van der Waals surface area (Å²) in [5.74, 6) is 0.215. The molecule has 9 heteroatoms. The lowest BCUT2D eigenvalue weighted by molar-refractivity contribution is -0.384. The van der Waals surface area contributed by atoms with Crippen LogP contribution in [0.2, 0.25) is 0 Å². The van der Waals surface area contributed by atoms with E-state index in [1.54, 1.807) is 4.68 Å². The van der Waals surface area contributed by atoms with Crippen LogP contribution in [0.25, 0.3) is 0 Å². The van der Waals surface area contributed by atoms with Crippen molar-refractivity contribution < 1.29 is 9.72 Å². The SMILES string of the molecule is C[C@H]1C[C@@H](c2ccccc2)n2nc(NC(=O)c3cccc([N+](=O)[O-])c3)nc2N1. The average molecular weight is 378 g/mol. The molecule has 0 fully saturated rings. The first-order valence-corrected chi connectivity index (χ1v) is 8.85. The molecule has 9 nitrogen and oxygen atoms in total. The highest BCUT2D eigenvalue weighted by molar-refractivity contribution is 6.03. The number of amides is 1. The van der Waals surface area contributed by atoms with Crippen molar-refractivity contribution in [2.45, 2.75) is 25.4 Å². The molecule has 3 aromatic rings. The molecule has 28 heavy (non-hydrogen) atoms. The first-order valence-electron chi connectivity index (χ1n) is 8.85. The second-order valence-electron chi connectivity index (χ2n) is 6.67. The number of rotatable bonds is 4. The highest BCUT2D eigenvalue weighted by Crippen LogP contribution is 2.31. The molecule has 0 saturated heterocycles. The summed E-state index contributed by atoms with van der Waals surface area (Å²) < 4.78 is 1.76. The molecule has 0 unspecified atom stereocenters. The molecule has 2 atom stereocenters. The van der Waals surface area contributed by atoms with Crippen LogP contribution in [0.15, 0.2) is 54.6 Å². The minimum Gasteiger partial charge on any atom is -0.352 e. The van der Waals surface area contributed by atoms with Crippen LogP contribution in [0.1, 0.15) is 35.3 Å². The Morgan fingerprint density at radius 3 is 2.79 bits per heavy atom. The van der Waals surface area contributed by atoms with Crippen LogP contribution in [0.5, 0.6) is 0 Å². The van der Waals surface area contributed by atoms with Gasteiger partial charge < -0.3 is 5.32 Å². The fraction of sp³-hybridized carbons (Fsp3) is 0.211. The van der Waals surface area contributed by atoms with Gasteiger partial charge in [0.15, 0.2) is 0 Å². The van der Waals surface area contributed by atoms with Crippen LogP contribution >= 0.6 is 0 Å². The van der Waals surface area contributed by atoms with E-state index in [-0.39, 0.29) is 29.3 Å². The Morgan fingerprint density at radius 2 is 2.04 bits per heavy atom. The quantitative estimate of drug-likeness (QED) is 0.532. The predicted molar refractivity (Wildman–Crippen MR) is 103 cm³/mol. The lowest BCUT2D eigenvalue weighted by Gasteiger charge is -2.29. The third-order valence-corrected chi connectivity index (χ3v) is 4.61. The molecule has 2 N–H and O–H groups in total. The van der Waals surface area contributed by atoms with E-state index in [1.807, 2.05) is 30.3 Å². The first kappa shape index (κ1) is 17.7. The number of hydrogen-bond donors (Lipinski definition) is 2. The van der Waals surface area contributed by atoms with Gasteiger partial charge in [-0.15, -0.1) is 5.10 Å². The fourth-order valence-electron chi connectivity index (χ4n) is 3.29. The van der Waals surface area contributed by atoms with Gasteiger partial charge in [-0.1, -0.05) is 36.4 Å². The molecule has 1 aromatic heterocycles. The van der Waals surface area contributed by atoms with E-state index in [2.05, 4.69) is 27.6 Å². The van der Waals surface area contributed by atoms with Gasteiger partial charge in [0.25, 0.3) is 17.5 Å². The van der Waals surface area contributed by atoms with E-state index < -0.39 is 10.8 Å². The van der Waals surface area contributed by atoms with Crippen molar-refractivity contribution in [2.75, 3.05) is 10.6 Å². The third-order valence-electron chi connectivity index (χ3n) is 4.61. The van der Waals surface area contributed by atoms with Crippen molar-refractivity contribution in [1.29, 1.82) is 0 Å². The van der Waals surface area contributed by atoms with E-state index in [0.29, 0.717) is 5.95 Å². The lowest BCUT2D eigenvalue weighted by Crippen LogP contribution is -2.31. The molecule has 1 aliphatic rings. The molecular formula is C19H18N6O3. The van der Waals surface area contributed by atoms with Crippen molar-refractivity contribution in [3.8, 4) is 0 Å². The van der Waals surface area contributed by atoms with Crippen LogP contribution in [0, 0.1) is 10.1 Å². The van der Waals surface area contributed by atoms with Crippen LogP contribution in [-0.2, 0) is 0 Å². The molecule has 2 heterocycles. The van der Waals surface area contributed by atoms with Crippen LogP contribution < -0.4 is 10.6 Å². The maximum absolute atomic E-state index is 12.5. The minimum absolute atomic E-state index is 0.00316. The normalized spacial score (nSPS) is 18.0. The van der Waals surface area contributed by atoms with Gasteiger partial charge in [-0.05, 0) is 25.0 Å². The number of benzene rings is 2. The number of fused-ring (bicyclic) bond motifs is 1. The van der Waals surface area contributed by atoms with E-state index in [9.17, 15) is 14.9 Å². The Labute approximate surface area is 160 Å². The molecule has 4 rings (SSSR count). The first-order chi connectivity index (χ1) is 13.5. The molecule has 1 aliphatic heterocycles. The Morgan fingerprint density at radius 1 is 1.25 bits per heavy atom. The largest absolute Gasteiger partial charge is 0.352 e. The zero-order valence-electron chi connectivity index (χ0n) is 15.1. The molecular weight excluding hydrogens is 360 g/mol. The summed E-state index contributed by atoms with van der Waals surface area (Å²) in [6, 6.07) is 15.7. The van der Waals surface area contributed by atoms with Gasteiger partial charge in [-0.3, -0.25) is 20.2 Å². The summed E-state index contributed by atoms with van der Waals surface area (Å²) in [5.41, 5.74) is 1.13. The van der Waals surface area contributed by atoms with Crippen molar-refractivity contribution >= 4 is 23.5 Å². The van der Waals surface area contributed by atoms with Gasteiger partial charge in [0.1, 0.15) is 0 Å². The smallest absolute Gasteiger partial charge is 0.270 e. The zero-order valence-corrected chi connectivity index (χ0v) is 15.1. The van der Waals surface area contributed by atoms with Gasteiger partial charge in [0, 0.05) is 23.7 Å². The fourth-order valence-corrected chi connectivity index (χ4v) is 3.29. The van der Waals surface area contributed by atoms with Gasteiger partial charge >= 0.3 is 0 Å². The van der Waals surface area contributed by atoms with Crippen molar-refractivity contribution in [1.82, 2.24) is 14.8 Å². The van der Waals surface area contributed by atoms with E-state index in [0.717, 1.165) is 12.0 Å². The summed E-state index contributed by atoms with van der Waals surface area (Å²) in [4.78, 5) is 27.2. The second-order valence-corrected chi connectivity index (χ2v) is 6.67. The molecule has 142 valence electrons. The van der Waals surface area contributed by atoms with Crippen LogP contribution in [-0.4, -0.2) is 31.6 Å². The molecule has 0 saturated carbocycles. The van der Waals surface area contributed by atoms with E-state index >= 15 is 0 Å². The van der Waals surface area contributed by atoms with Crippen LogP contribution in [0.3, 0.4) is 0 Å². The van der Waals surface area contributed by atoms with Crippen molar-refractivity contribution in [3.63, 3.8) is 0 Å². The Bertz CT molecular complexity index is 1030. The molecule has 2 aromatic carbocycles. The molecule has 0 radical (unpaired) electrons. The topological polar surface area (TPSA) is 115 Å². The number of non-ortho nitro benzene ring substituents is 1. The Hall–Kier alpha value is -3.75. The van der Waals surface area contributed by atoms with E-state index in [4.69, 9.17) is 0 Å². The Balaban J connectivity index is 1.60. The maximum atomic E-state index is 12.5. The predicted octanol–water partition coefficient (Wildman–Crippen LogP) is 3.23. The number of aromatic nitrogens is 3. The lowest BCUT2D eigenvalue weighted by atomic mass is 9.99. The molecule has 0 aliphatic carbocycles. The van der Waals surface area contributed by atoms with E-state index in [1.165, 1.54) is 24.3 Å². The third kappa shape index (κ3) is 3.41. The minimum atomic E-state index is -0.542. The summed E-state index contributed by atoms with van der Waals surface area (Å²) in [7, 11) is 0. The molecule has 0 bridgehead atoms. The summed E-state index contributed by atoms with van der Waals surface area (Å²) in [5, 5.41) is 21.2. The van der Waals surface area contributed by atoms with Gasteiger partial charge in [0.05, 0.1) is 11.0 Å². The molecule has 0 spiro atoms. The van der Waals surface area contributed by atoms with Crippen molar-refractivity contribution in [2.24, 2.45) is 0 Å². The summed E-state index contributed by atoms with van der Waals surface area (Å²) in [6.45, 7) is 2.06.